The Morgan fingerprint density at radius 2 is 1.85 bits per heavy atom. The van der Waals surface area contributed by atoms with Gasteiger partial charge in [-0.3, -0.25) is 29.4 Å². The van der Waals surface area contributed by atoms with Crippen LogP contribution in [0.4, 0.5) is 16.2 Å². The maximum atomic E-state index is 12.9. The SMILES string of the molecule is Cc1ccc(NC(=O)CN2C(=O)S/C(=C/c3cc(Cl)c(OCc4ccc([N+](=O)[O-])cc4)c(Br)c3)C2=O)cc1C. The van der Waals surface area contributed by atoms with Crippen molar-refractivity contribution in [1.82, 2.24) is 4.90 Å². The molecule has 1 saturated heterocycles. The normalized spacial score (nSPS) is 14.2. The maximum Gasteiger partial charge on any atom is 0.294 e. The van der Waals surface area contributed by atoms with Crippen LogP contribution in [0, 0.1) is 24.0 Å². The zero-order valence-electron chi connectivity index (χ0n) is 20.7. The van der Waals surface area contributed by atoms with Crippen LogP contribution in [0.1, 0.15) is 22.3 Å². The molecule has 0 aromatic heterocycles. The van der Waals surface area contributed by atoms with E-state index in [1.807, 2.05) is 26.0 Å². The third-order valence-corrected chi connectivity index (χ3v) is 7.59. The maximum absolute atomic E-state index is 12.9. The molecule has 3 amide bonds. The third kappa shape index (κ3) is 6.86. The second-order valence-electron chi connectivity index (χ2n) is 8.64. The molecule has 0 radical (unpaired) electrons. The predicted octanol–water partition coefficient (Wildman–Crippen LogP) is 6.88. The van der Waals surface area contributed by atoms with Gasteiger partial charge in [-0.2, -0.15) is 0 Å². The van der Waals surface area contributed by atoms with Crippen molar-refractivity contribution in [2.75, 3.05) is 11.9 Å². The quantitative estimate of drug-likeness (QED) is 0.164. The second kappa shape index (κ2) is 12.0. The minimum atomic E-state index is -0.578. The number of rotatable bonds is 8. The molecule has 3 aromatic rings. The van der Waals surface area contributed by atoms with E-state index in [1.54, 1.807) is 30.3 Å². The highest BCUT2D eigenvalue weighted by Crippen LogP contribution is 2.38. The molecule has 3 aromatic carbocycles. The van der Waals surface area contributed by atoms with Crippen LogP contribution in [0.2, 0.25) is 5.02 Å². The first-order chi connectivity index (χ1) is 18.5. The molecule has 0 spiro atoms. The lowest BCUT2D eigenvalue weighted by Gasteiger charge is -2.13. The van der Waals surface area contributed by atoms with Gasteiger partial charge in [0.25, 0.3) is 16.8 Å². The van der Waals surface area contributed by atoms with Gasteiger partial charge in [0.2, 0.25) is 5.91 Å². The molecule has 9 nitrogen and oxygen atoms in total. The first-order valence-corrected chi connectivity index (χ1v) is 13.5. The number of benzene rings is 3. The van der Waals surface area contributed by atoms with E-state index in [9.17, 15) is 24.5 Å². The first-order valence-electron chi connectivity index (χ1n) is 11.5. The second-order valence-corrected chi connectivity index (χ2v) is 10.9. The van der Waals surface area contributed by atoms with Crippen LogP contribution in [0.15, 0.2) is 64.0 Å². The molecular weight excluding hydrogens is 610 g/mol. The minimum absolute atomic E-state index is 0.0197. The Morgan fingerprint density at radius 1 is 1.13 bits per heavy atom. The highest BCUT2D eigenvalue weighted by Gasteiger charge is 2.36. The number of nitro benzene ring substituents is 1. The molecule has 1 aliphatic rings. The molecule has 0 aliphatic carbocycles. The van der Waals surface area contributed by atoms with Gasteiger partial charge in [0.15, 0.2) is 5.75 Å². The Labute approximate surface area is 241 Å². The highest BCUT2D eigenvalue weighted by atomic mass is 79.9. The molecule has 0 saturated carbocycles. The van der Waals surface area contributed by atoms with Gasteiger partial charge in [-0.05, 0) is 106 Å². The van der Waals surface area contributed by atoms with Crippen LogP contribution >= 0.6 is 39.3 Å². The van der Waals surface area contributed by atoms with E-state index in [4.69, 9.17) is 16.3 Å². The zero-order valence-corrected chi connectivity index (χ0v) is 23.9. The summed E-state index contributed by atoms with van der Waals surface area (Å²) in [6, 6.07) is 14.7. The number of amides is 3. The average molecular weight is 631 g/mol. The Balaban J connectivity index is 1.42. The first kappa shape index (κ1) is 28.3. The Morgan fingerprint density at radius 3 is 2.49 bits per heavy atom. The average Bonchev–Trinajstić information content (AvgIpc) is 3.13. The van der Waals surface area contributed by atoms with Crippen LogP contribution in [0.5, 0.6) is 5.75 Å². The lowest BCUT2D eigenvalue weighted by atomic mass is 10.1. The van der Waals surface area contributed by atoms with Gasteiger partial charge in [0.05, 0.1) is 19.3 Å². The molecule has 39 heavy (non-hydrogen) atoms. The van der Waals surface area contributed by atoms with E-state index in [0.717, 1.165) is 27.8 Å². The number of carbonyl (C=O) groups is 3. The molecule has 200 valence electrons. The van der Waals surface area contributed by atoms with E-state index < -0.39 is 28.5 Å². The van der Waals surface area contributed by atoms with Crippen molar-refractivity contribution in [3.05, 3.63) is 101 Å². The molecule has 12 heteroatoms. The van der Waals surface area contributed by atoms with Gasteiger partial charge < -0.3 is 10.1 Å². The highest BCUT2D eigenvalue weighted by molar-refractivity contribution is 9.10. The Bertz CT molecular complexity index is 1500. The van der Waals surface area contributed by atoms with Crippen molar-refractivity contribution in [3.8, 4) is 5.75 Å². The number of thioether (sulfide) groups is 1. The molecule has 0 atom stereocenters. The number of imide groups is 1. The number of anilines is 1. The molecule has 1 heterocycles. The summed E-state index contributed by atoms with van der Waals surface area (Å²) >= 11 is 10.6. The van der Waals surface area contributed by atoms with E-state index in [1.165, 1.54) is 18.2 Å². The molecule has 1 N–H and O–H groups in total. The summed E-state index contributed by atoms with van der Waals surface area (Å²) < 4.78 is 6.30. The summed E-state index contributed by atoms with van der Waals surface area (Å²) in [5.74, 6) is -0.712. The number of nitrogens with one attached hydrogen (secondary N) is 1. The summed E-state index contributed by atoms with van der Waals surface area (Å²) in [4.78, 5) is 49.3. The van der Waals surface area contributed by atoms with E-state index in [0.29, 0.717) is 27.0 Å². The standard InChI is InChI=1S/C27H21BrClN3O6S/c1-15-3-6-19(9-16(15)2)30-24(33)13-31-26(34)23(39-27(31)35)12-18-10-21(28)25(22(29)11-18)38-14-17-4-7-20(8-5-17)32(36)37/h3-12H,13-14H2,1-2H3,(H,30,33)/b23-12+. The van der Waals surface area contributed by atoms with Crippen molar-refractivity contribution < 1.29 is 24.0 Å². The summed E-state index contributed by atoms with van der Waals surface area (Å²) in [5, 5.41) is 13.2. The summed E-state index contributed by atoms with van der Waals surface area (Å²) in [6.45, 7) is 3.60. The molecule has 4 rings (SSSR count). The van der Waals surface area contributed by atoms with Gasteiger partial charge in [0, 0.05) is 17.8 Å². The van der Waals surface area contributed by atoms with Gasteiger partial charge in [0.1, 0.15) is 13.2 Å². The number of halogens is 2. The van der Waals surface area contributed by atoms with Gasteiger partial charge >= 0.3 is 0 Å². The number of hydrogen-bond donors (Lipinski definition) is 1. The van der Waals surface area contributed by atoms with E-state index in [-0.39, 0.29) is 22.2 Å². The number of non-ortho nitro benzene ring substituents is 1. The number of carbonyl (C=O) groups excluding carboxylic acids is 3. The van der Waals surface area contributed by atoms with Crippen molar-refractivity contribution >= 4 is 73.8 Å². The number of ether oxygens (including phenoxy) is 1. The third-order valence-electron chi connectivity index (χ3n) is 5.81. The van der Waals surface area contributed by atoms with Crippen LogP contribution in [0.25, 0.3) is 6.08 Å². The van der Waals surface area contributed by atoms with E-state index >= 15 is 0 Å². The van der Waals surface area contributed by atoms with Gasteiger partial charge in [-0.25, -0.2) is 0 Å². The fourth-order valence-electron chi connectivity index (χ4n) is 3.62. The topological polar surface area (TPSA) is 119 Å². The van der Waals surface area contributed by atoms with Crippen molar-refractivity contribution in [2.45, 2.75) is 20.5 Å². The van der Waals surface area contributed by atoms with Crippen LogP contribution < -0.4 is 10.1 Å². The fraction of sp³-hybridized carbons (Fsp3) is 0.148. The monoisotopic (exact) mass is 629 g/mol. The zero-order chi connectivity index (χ0) is 28.3. The predicted molar refractivity (Wildman–Crippen MR) is 154 cm³/mol. The number of aryl methyl sites for hydroxylation is 2. The fourth-order valence-corrected chi connectivity index (χ4v) is 5.45. The number of nitro groups is 1. The Hall–Kier alpha value is -3.67. The van der Waals surface area contributed by atoms with Crippen molar-refractivity contribution in [2.24, 2.45) is 0 Å². The largest absolute Gasteiger partial charge is 0.486 e. The van der Waals surface area contributed by atoms with E-state index in [2.05, 4.69) is 21.2 Å². The lowest BCUT2D eigenvalue weighted by Crippen LogP contribution is -2.36. The number of hydrogen-bond acceptors (Lipinski definition) is 7. The summed E-state index contributed by atoms with van der Waals surface area (Å²) in [5.41, 5.74) is 3.91. The smallest absolute Gasteiger partial charge is 0.294 e. The summed E-state index contributed by atoms with van der Waals surface area (Å²) in [7, 11) is 0. The van der Waals surface area contributed by atoms with Gasteiger partial charge in [-0.15, -0.1) is 0 Å². The molecular formula is C27H21BrClN3O6S. The summed E-state index contributed by atoms with van der Waals surface area (Å²) in [6.07, 6.45) is 1.52. The molecule has 0 bridgehead atoms. The number of nitrogens with zero attached hydrogens (tertiary/aromatic N) is 2. The van der Waals surface area contributed by atoms with Gasteiger partial charge in [-0.1, -0.05) is 17.7 Å². The minimum Gasteiger partial charge on any atom is -0.486 e. The molecule has 1 aliphatic heterocycles. The molecule has 0 unspecified atom stereocenters. The van der Waals surface area contributed by atoms with Crippen molar-refractivity contribution in [1.29, 1.82) is 0 Å². The van der Waals surface area contributed by atoms with Crippen LogP contribution in [-0.4, -0.2) is 33.4 Å². The van der Waals surface area contributed by atoms with Crippen molar-refractivity contribution in [3.63, 3.8) is 0 Å². The van der Waals surface area contributed by atoms with Crippen LogP contribution in [-0.2, 0) is 16.2 Å². The lowest BCUT2D eigenvalue weighted by molar-refractivity contribution is -0.384. The molecule has 1 fully saturated rings. The Kier molecular flexibility index (Phi) is 8.73. The van der Waals surface area contributed by atoms with Crippen LogP contribution in [0.3, 0.4) is 0 Å².